The summed E-state index contributed by atoms with van der Waals surface area (Å²) in [6, 6.07) is 19.7. The van der Waals surface area contributed by atoms with Gasteiger partial charge in [-0.1, -0.05) is 30.3 Å². The summed E-state index contributed by atoms with van der Waals surface area (Å²) in [5, 5.41) is 14.0. The van der Waals surface area contributed by atoms with Crippen LogP contribution in [0.3, 0.4) is 0 Å². The monoisotopic (exact) mass is 470 g/mol. The zero-order valence-electron chi connectivity index (χ0n) is 18.9. The summed E-state index contributed by atoms with van der Waals surface area (Å²) in [4.78, 5) is 39.2. The molecule has 0 aliphatic carbocycles. The first-order chi connectivity index (χ1) is 16.9. The van der Waals surface area contributed by atoms with Crippen LogP contribution >= 0.6 is 0 Å². The molecular formula is C27H22N2O6. The van der Waals surface area contributed by atoms with Crippen LogP contribution in [0.1, 0.15) is 24.1 Å². The molecule has 176 valence electrons. The van der Waals surface area contributed by atoms with E-state index in [0.29, 0.717) is 47.2 Å². The van der Waals surface area contributed by atoms with Gasteiger partial charge in [-0.15, -0.1) is 0 Å². The molecule has 0 saturated carbocycles. The molecule has 1 fully saturated rings. The fraction of sp³-hybridized carbons (Fsp3) is 0.148. The van der Waals surface area contributed by atoms with Crippen LogP contribution in [0.25, 0.3) is 5.76 Å². The van der Waals surface area contributed by atoms with Gasteiger partial charge in [-0.05, 0) is 48.0 Å². The highest BCUT2D eigenvalue weighted by Gasteiger charge is 2.47. The number of hydrogen-bond donors (Lipinski definition) is 2. The first-order valence-corrected chi connectivity index (χ1v) is 11.1. The molecule has 8 nitrogen and oxygen atoms in total. The van der Waals surface area contributed by atoms with Crippen molar-refractivity contribution < 1.29 is 29.0 Å². The van der Waals surface area contributed by atoms with Crippen LogP contribution in [0, 0.1) is 0 Å². The minimum atomic E-state index is -0.851. The van der Waals surface area contributed by atoms with Crippen LogP contribution < -0.4 is 19.7 Å². The first-order valence-electron chi connectivity index (χ1n) is 11.1. The summed E-state index contributed by atoms with van der Waals surface area (Å²) in [6.07, 6.45) is 0. The fourth-order valence-corrected chi connectivity index (χ4v) is 4.30. The molecule has 1 unspecified atom stereocenters. The molecule has 2 N–H and O–H groups in total. The maximum absolute atomic E-state index is 13.3. The van der Waals surface area contributed by atoms with Crippen LogP contribution in [0.2, 0.25) is 0 Å². The number of aliphatic hydroxyl groups excluding tert-OH is 1. The fourth-order valence-electron chi connectivity index (χ4n) is 4.30. The van der Waals surface area contributed by atoms with Gasteiger partial charge < -0.3 is 19.9 Å². The Morgan fingerprint density at radius 1 is 0.943 bits per heavy atom. The van der Waals surface area contributed by atoms with Gasteiger partial charge in [0.15, 0.2) is 11.5 Å². The Bertz CT molecular complexity index is 1350. The third-order valence-corrected chi connectivity index (χ3v) is 5.84. The second-order valence-corrected chi connectivity index (χ2v) is 8.17. The number of anilines is 2. The van der Waals surface area contributed by atoms with Gasteiger partial charge in [0, 0.05) is 23.9 Å². The van der Waals surface area contributed by atoms with Gasteiger partial charge in [-0.2, -0.15) is 0 Å². The molecule has 35 heavy (non-hydrogen) atoms. The lowest BCUT2D eigenvalue weighted by Crippen LogP contribution is -2.29. The number of fused-ring (bicyclic) bond motifs is 1. The zero-order valence-corrected chi connectivity index (χ0v) is 18.9. The molecule has 2 amide bonds. The number of Topliss-reactive ketones (excluding diaryl/α,β-unsaturated/α-hetero) is 1. The van der Waals surface area contributed by atoms with E-state index in [-0.39, 0.29) is 17.2 Å². The van der Waals surface area contributed by atoms with Crippen molar-refractivity contribution in [1.82, 2.24) is 0 Å². The number of carbonyl (C=O) groups excluding carboxylic acids is 3. The van der Waals surface area contributed by atoms with Crippen LogP contribution in [-0.2, 0) is 14.4 Å². The Hall–Kier alpha value is -4.59. The molecule has 2 heterocycles. The quantitative estimate of drug-likeness (QED) is 0.339. The van der Waals surface area contributed by atoms with Crippen molar-refractivity contribution in [2.45, 2.75) is 13.0 Å². The zero-order chi connectivity index (χ0) is 24.5. The van der Waals surface area contributed by atoms with E-state index >= 15 is 0 Å². The van der Waals surface area contributed by atoms with Crippen molar-refractivity contribution in [3.05, 3.63) is 89.5 Å². The Balaban J connectivity index is 1.62. The van der Waals surface area contributed by atoms with E-state index in [1.54, 1.807) is 66.7 Å². The minimum absolute atomic E-state index is 0.0242. The molecule has 2 aliphatic heterocycles. The number of rotatable bonds is 4. The first kappa shape index (κ1) is 22.2. The van der Waals surface area contributed by atoms with Gasteiger partial charge in [0.25, 0.3) is 11.7 Å². The molecule has 1 saturated heterocycles. The van der Waals surface area contributed by atoms with Crippen molar-refractivity contribution in [3.8, 4) is 11.5 Å². The molecule has 8 heteroatoms. The number of nitrogens with one attached hydrogen (secondary N) is 1. The summed E-state index contributed by atoms with van der Waals surface area (Å²) in [7, 11) is 0. The molecule has 1 atom stereocenters. The maximum atomic E-state index is 13.3. The van der Waals surface area contributed by atoms with Crippen molar-refractivity contribution in [2.75, 3.05) is 23.4 Å². The SMILES string of the molecule is CC(=O)Nc1ccc(N2C(=O)C(=O)/C(=C(\O)c3ccc4c(c3)OCCO4)C2c2ccccc2)cc1. The number of aliphatic hydroxyl groups is 1. The number of carbonyl (C=O) groups is 3. The number of amides is 2. The molecular weight excluding hydrogens is 448 g/mol. The van der Waals surface area contributed by atoms with Gasteiger partial charge >= 0.3 is 0 Å². The largest absolute Gasteiger partial charge is 0.507 e. The Kier molecular flexibility index (Phi) is 5.70. The maximum Gasteiger partial charge on any atom is 0.300 e. The Morgan fingerprint density at radius 2 is 1.63 bits per heavy atom. The van der Waals surface area contributed by atoms with Crippen LogP contribution in [0.5, 0.6) is 11.5 Å². The van der Waals surface area contributed by atoms with Crippen molar-refractivity contribution in [3.63, 3.8) is 0 Å². The Morgan fingerprint density at radius 3 is 2.31 bits per heavy atom. The van der Waals surface area contributed by atoms with Gasteiger partial charge in [-0.3, -0.25) is 19.3 Å². The number of ketones is 1. The van der Waals surface area contributed by atoms with E-state index in [0.717, 1.165) is 0 Å². The predicted octanol–water partition coefficient (Wildman–Crippen LogP) is 4.04. The highest BCUT2D eigenvalue weighted by atomic mass is 16.6. The van der Waals surface area contributed by atoms with Gasteiger partial charge in [0.1, 0.15) is 19.0 Å². The molecule has 0 spiro atoms. The standard InChI is InChI=1S/C27H22N2O6/c1-16(30)28-19-8-10-20(11-9-19)29-24(17-5-3-2-4-6-17)23(26(32)27(29)33)25(31)18-7-12-21-22(15-18)35-14-13-34-21/h2-12,15,24,31H,13-14H2,1H3,(H,28,30)/b25-23-. The molecule has 3 aromatic rings. The normalized spacial score (nSPS) is 18.4. The van der Waals surface area contributed by atoms with Gasteiger partial charge in [0.05, 0.1) is 11.6 Å². The number of ether oxygens (including phenoxy) is 2. The average Bonchev–Trinajstić information content (AvgIpc) is 3.14. The third-order valence-electron chi connectivity index (χ3n) is 5.84. The molecule has 2 aliphatic rings. The number of benzene rings is 3. The number of hydrogen-bond acceptors (Lipinski definition) is 6. The van der Waals surface area contributed by atoms with Crippen molar-refractivity contribution >= 4 is 34.7 Å². The van der Waals surface area contributed by atoms with E-state index in [9.17, 15) is 19.5 Å². The van der Waals surface area contributed by atoms with Crippen molar-refractivity contribution in [1.29, 1.82) is 0 Å². The summed E-state index contributed by atoms with van der Waals surface area (Å²) < 4.78 is 11.2. The van der Waals surface area contributed by atoms with Gasteiger partial charge in [-0.25, -0.2) is 0 Å². The molecule has 0 radical (unpaired) electrons. The molecule has 0 aromatic heterocycles. The molecule has 5 rings (SSSR count). The minimum Gasteiger partial charge on any atom is -0.507 e. The van der Waals surface area contributed by atoms with Crippen LogP contribution in [-0.4, -0.2) is 35.9 Å². The predicted molar refractivity (Wildman–Crippen MR) is 129 cm³/mol. The molecule has 0 bridgehead atoms. The lowest BCUT2D eigenvalue weighted by Gasteiger charge is -2.25. The average molecular weight is 470 g/mol. The number of nitrogens with zero attached hydrogens (tertiary/aromatic N) is 1. The molecule has 3 aromatic carbocycles. The Labute approximate surface area is 201 Å². The third kappa shape index (κ3) is 4.10. The summed E-state index contributed by atoms with van der Waals surface area (Å²) in [5.74, 6) is -1.07. The van der Waals surface area contributed by atoms with E-state index in [4.69, 9.17) is 9.47 Å². The summed E-state index contributed by atoms with van der Waals surface area (Å²) in [5.41, 5.74) is 2.00. The van der Waals surface area contributed by atoms with Gasteiger partial charge in [0.2, 0.25) is 5.91 Å². The smallest absolute Gasteiger partial charge is 0.300 e. The second-order valence-electron chi connectivity index (χ2n) is 8.17. The van der Waals surface area contributed by atoms with E-state index < -0.39 is 17.7 Å². The van der Waals surface area contributed by atoms with E-state index in [2.05, 4.69) is 5.32 Å². The lowest BCUT2D eigenvalue weighted by molar-refractivity contribution is -0.132. The van der Waals surface area contributed by atoms with Crippen LogP contribution in [0.4, 0.5) is 11.4 Å². The van der Waals surface area contributed by atoms with E-state index in [1.165, 1.54) is 11.8 Å². The van der Waals surface area contributed by atoms with Crippen molar-refractivity contribution in [2.24, 2.45) is 0 Å². The van der Waals surface area contributed by atoms with E-state index in [1.807, 2.05) is 6.07 Å². The second kappa shape index (κ2) is 8.98. The topological polar surface area (TPSA) is 105 Å². The highest BCUT2D eigenvalue weighted by Crippen LogP contribution is 2.43. The summed E-state index contributed by atoms with van der Waals surface area (Å²) in [6.45, 7) is 2.21. The highest BCUT2D eigenvalue weighted by molar-refractivity contribution is 6.51. The van der Waals surface area contributed by atoms with Crippen LogP contribution in [0.15, 0.2) is 78.4 Å². The lowest BCUT2D eigenvalue weighted by atomic mass is 9.95. The summed E-state index contributed by atoms with van der Waals surface area (Å²) >= 11 is 0.